The summed E-state index contributed by atoms with van der Waals surface area (Å²) in [6.45, 7) is 10.4. The summed E-state index contributed by atoms with van der Waals surface area (Å²) >= 11 is 0. The second-order valence-corrected chi connectivity index (χ2v) is 5.50. The van der Waals surface area contributed by atoms with Crippen molar-refractivity contribution in [3.8, 4) is 0 Å². The van der Waals surface area contributed by atoms with Crippen molar-refractivity contribution < 1.29 is 14.0 Å². The summed E-state index contributed by atoms with van der Waals surface area (Å²) in [6, 6.07) is 0.868. The van der Waals surface area contributed by atoms with Crippen molar-refractivity contribution in [1.29, 1.82) is 0 Å². The highest BCUT2D eigenvalue weighted by molar-refractivity contribution is 6.50. The van der Waals surface area contributed by atoms with E-state index in [1.165, 1.54) is 0 Å². The maximum absolute atomic E-state index is 10.9. The molecule has 0 N–H and O–H groups in total. The van der Waals surface area contributed by atoms with Gasteiger partial charge in [0, 0.05) is 12.2 Å². The molecule has 0 aliphatic carbocycles. The van der Waals surface area contributed by atoms with Crippen molar-refractivity contribution in [3.63, 3.8) is 0 Å². The van der Waals surface area contributed by atoms with Gasteiger partial charge in [0.25, 0.3) is 0 Å². The van der Waals surface area contributed by atoms with Crippen molar-refractivity contribution >= 4 is 15.0 Å². The normalized spacial score (nSPS) is 12.2. The number of esters is 1. The van der Waals surface area contributed by atoms with E-state index < -0.39 is 9.04 Å². The lowest BCUT2D eigenvalue weighted by molar-refractivity contribution is -0.138. The maximum atomic E-state index is 10.9. The fourth-order valence-electron chi connectivity index (χ4n) is 0.809. The molecule has 13 heavy (non-hydrogen) atoms. The van der Waals surface area contributed by atoms with E-state index in [2.05, 4.69) is 13.1 Å². The first kappa shape index (κ1) is 12.4. The molecule has 1 atom stereocenters. The van der Waals surface area contributed by atoms with Crippen LogP contribution in [-0.2, 0) is 14.0 Å². The van der Waals surface area contributed by atoms with E-state index in [0.29, 0.717) is 12.2 Å². The highest BCUT2D eigenvalue weighted by atomic mass is 28.3. The van der Waals surface area contributed by atoms with E-state index in [1.807, 2.05) is 6.92 Å². The number of carbonyl (C=O) groups is 1. The second kappa shape index (κ2) is 6.86. The minimum atomic E-state index is -1.10. The van der Waals surface area contributed by atoms with Crippen LogP contribution in [0.15, 0.2) is 12.2 Å². The van der Waals surface area contributed by atoms with Crippen LogP contribution in [0.3, 0.4) is 0 Å². The lowest BCUT2D eigenvalue weighted by Gasteiger charge is -2.09. The Morgan fingerprint density at radius 3 is 2.62 bits per heavy atom. The third-order valence-electron chi connectivity index (χ3n) is 1.56. The third kappa shape index (κ3) is 6.54. The van der Waals surface area contributed by atoms with Gasteiger partial charge in [-0.15, -0.1) is 0 Å². The molecule has 0 fully saturated rings. The second-order valence-electron chi connectivity index (χ2n) is 2.97. The Morgan fingerprint density at radius 1 is 1.54 bits per heavy atom. The van der Waals surface area contributed by atoms with E-state index in [0.717, 1.165) is 12.7 Å². The summed E-state index contributed by atoms with van der Waals surface area (Å²) in [6.07, 6.45) is 0. The van der Waals surface area contributed by atoms with Crippen molar-refractivity contribution in [1.82, 2.24) is 0 Å². The number of hydrogen-bond donors (Lipinski definition) is 0. The van der Waals surface area contributed by atoms with Gasteiger partial charge in [0.05, 0.1) is 6.61 Å². The van der Waals surface area contributed by atoms with Crippen LogP contribution in [0.25, 0.3) is 0 Å². The topological polar surface area (TPSA) is 35.5 Å². The Balaban J connectivity index is 3.44. The minimum absolute atomic E-state index is 0.308. The quantitative estimate of drug-likeness (QED) is 0.372. The fraction of sp³-hybridized carbons (Fsp3) is 0.667. The monoisotopic (exact) mass is 202 g/mol. The largest absolute Gasteiger partial charge is 0.463 e. The zero-order valence-electron chi connectivity index (χ0n) is 8.63. The molecule has 1 unspecified atom stereocenters. The summed E-state index contributed by atoms with van der Waals surface area (Å²) in [5.41, 5.74) is 0.450. The summed E-state index contributed by atoms with van der Waals surface area (Å²) < 4.78 is 10.3. The van der Waals surface area contributed by atoms with Gasteiger partial charge in [0.1, 0.15) is 0 Å². The summed E-state index contributed by atoms with van der Waals surface area (Å²) in [5.74, 6) is -0.308. The molecule has 0 bridgehead atoms. The number of carbonyl (C=O) groups excluding carboxylic acids is 1. The van der Waals surface area contributed by atoms with Crippen LogP contribution in [0.1, 0.15) is 13.8 Å². The molecular formula is C9H18O3Si. The lowest BCUT2D eigenvalue weighted by atomic mass is 10.4. The smallest absolute Gasteiger partial charge is 0.333 e. The average molecular weight is 202 g/mol. The lowest BCUT2D eigenvalue weighted by Crippen LogP contribution is -2.17. The van der Waals surface area contributed by atoms with E-state index in [-0.39, 0.29) is 5.97 Å². The van der Waals surface area contributed by atoms with Gasteiger partial charge in [0.15, 0.2) is 9.04 Å². The van der Waals surface area contributed by atoms with Crippen LogP contribution < -0.4 is 0 Å². The van der Waals surface area contributed by atoms with Gasteiger partial charge in [0.2, 0.25) is 0 Å². The van der Waals surface area contributed by atoms with Crippen LogP contribution in [0.5, 0.6) is 0 Å². The van der Waals surface area contributed by atoms with Crippen molar-refractivity contribution in [3.05, 3.63) is 12.2 Å². The van der Waals surface area contributed by atoms with Gasteiger partial charge in [-0.05, 0) is 26.4 Å². The molecule has 0 aromatic carbocycles. The zero-order chi connectivity index (χ0) is 10.3. The van der Waals surface area contributed by atoms with Crippen LogP contribution in [-0.4, -0.2) is 28.2 Å². The Morgan fingerprint density at radius 2 is 2.15 bits per heavy atom. The molecule has 0 aliphatic heterocycles. The predicted molar refractivity (Wildman–Crippen MR) is 55.2 cm³/mol. The Hall–Kier alpha value is -0.613. The Kier molecular flexibility index (Phi) is 6.53. The van der Waals surface area contributed by atoms with Gasteiger partial charge in [-0.1, -0.05) is 6.58 Å². The highest BCUT2D eigenvalue weighted by Gasteiger charge is 2.06. The van der Waals surface area contributed by atoms with Gasteiger partial charge < -0.3 is 9.16 Å². The molecule has 0 aliphatic rings. The maximum Gasteiger partial charge on any atom is 0.333 e. The third-order valence-corrected chi connectivity index (χ3v) is 3.51. The molecule has 3 nitrogen and oxygen atoms in total. The number of ether oxygens (including phenoxy) is 1. The van der Waals surface area contributed by atoms with Crippen LogP contribution in [0, 0.1) is 0 Å². The Bertz CT molecular complexity index is 180. The van der Waals surface area contributed by atoms with Crippen LogP contribution in [0.2, 0.25) is 12.6 Å². The molecule has 0 aromatic rings. The molecule has 0 heterocycles. The van der Waals surface area contributed by atoms with E-state index in [1.54, 1.807) is 6.92 Å². The molecule has 4 heteroatoms. The summed E-state index contributed by atoms with van der Waals surface area (Å²) in [4.78, 5) is 10.9. The molecule has 0 saturated carbocycles. The van der Waals surface area contributed by atoms with Crippen molar-refractivity contribution in [2.45, 2.75) is 26.4 Å². The standard InChI is InChI=1S/C9H18O3Si/c1-5-12-13(4)7-6-11-9(10)8(2)3/h13H,2,5-7H2,1,3-4H3. The van der Waals surface area contributed by atoms with Gasteiger partial charge in [-0.2, -0.15) is 0 Å². The minimum Gasteiger partial charge on any atom is -0.463 e. The molecular weight excluding hydrogens is 184 g/mol. The highest BCUT2D eigenvalue weighted by Crippen LogP contribution is 1.98. The number of hydrogen-bond acceptors (Lipinski definition) is 3. The van der Waals surface area contributed by atoms with E-state index >= 15 is 0 Å². The first-order valence-electron chi connectivity index (χ1n) is 4.52. The fourth-order valence-corrected chi connectivity index (χ4v) is 1.99. The first-order valence-corrected chi connectivity index (χ1v) is 6.96. The SMILES string of the molecule is C=C(C)C(=O)OCC[SiH](C)OCC. The molecule has 0 spiro atoms. The van der Waals surface area contributed by atoms with E-state index in [4.69, 9.17) is 9.16 Å². The number of rotatable bonds is 6. The van der Waals surface area contributed by atoms with Crippen molar-refractivity contribution in [2.24, 2.45) is 0 Å². The van der Waals surface area contributed by atoms with Crippen molar-refractivity contribution in [2.75, 3.05) is 13.2 Å². The van der Waals surface area contributed by atoms with Gasteiger partial charge >= 0.3 is 5.97 Å². The van der Waals surface area contributed by atoms with Crippen LogP contribution >= 0.6 is 0 Å². The summed E-state index contributed by atoms with van der Waals surface area (Å²) in [5, 5.41) is 0. The molecule has 76 valence electrons. The average Bonchev–Trinajstić information content (AvgIpc) is 2.04. The molecule has 0 radical (unpaired) electrons. The Labute approximate surface area is 81.5 Å². The summed E-state index contributed by atoms with van der Waals surface area (Å²) in [7, 11) is -1.10. The molecule has 0 amide bonds. The van der Waals surface area contributed by atoms with Gasteiger partial charge in [-0.25, -0.2) is 4.79 Å². The zero-order valence-corrected chi connectivity index (χ0v) is 9.79. The predicted octanol–water partition coefficient (Wildman–Crippen LogP) is 1.50. The van der Waals surface area contributed by atoms with Crippen LogP contribution in [0.4, 0.5) is 0 Å². The van der Waals surface area contributed by atoms with E-state index in [9.17, 15) is 4.79 Å². The first-order chi connectivity index (χ1) is 6.07. The molecule has 0 aromatic heterocycles. The van der Waals surface area contributed by atoms with Gasteiger partial charge in [-0.3, -0.25) is 0 Å². The molecule has 0 rings (SSSR count). The molecule has 0 saturated heterocycles.